The van der Waals surface area contributed by atoms with Gasteiger partial charge in [-0.2, -0.15) is 0 Å². The zero-order valence-electron chi connectivity index (χ0n) is 18.2. The van der Waals surface area contributed by atoms with Crippen molar-refractivity contribution in [1.29, 1.82) is 0 Å². The second-order valence-electron chi connectivity index (χ2n) is 7.44. The number of rotatable bonds is 6. The summed E-state index contributed by atoms with van der Waals surface area (Å²) in [6.07, 6.45) is 4.37. The van der Waals surface area contributed by atoms with E-state index in [2.05, 4.69) is 16.9 Å². The average molecular weight is 500 g/mol. The van der Waals surface area contributed by atoms with Crippen LogP contribution >= 0.6 is 24.0 Å². The standard InChI is InChI=1S/C22H21N5O5S2/c1-3-8-27-21(31)15(34-22(27)33)11-13-18(24-16-6-4-5-9-26(16)20(13)30)25-10-7-23-19(29)14(25)12-17(28)32-2/h3-6,9,11,14H,1,7-8,10,12H2,2H3,(H,23,29)/b15-11-/t14-/m0/s1. The number of carbonyl (C=O) groups excluding carboxylic acids is 3. The number of ether oxygens (including phenoxy) is 1. The first-order valence-corrected chi connectivity index (χ1v) is 11.6. The highest BCUT2D eigenvalue weighted by atomic mass is 32.2. The number of piperazine rings is 1. The molecule has 2 aliphatic rings. The summed E-state index contributed by atoms with van der Waals surface area (Å²) in [5.74, 6) is -1.10. The Morgan fingerprint density at radius 3 is 2.91 bits per heavy atom. The molecule has 0 bridgehead atoms. The number of carbonyl (C=O) groups is 3. The van der Waals surface area contributed by atoms with Gasteiger partial charge in [0.2, 0.25) is 5.91 Å². The molecule has 12 heteroatoms. The maximum Gasteiger partial charge on any atom is 0.308 e. The van der Waals surface area contributed by atoms with Crippen LogP contribution in [0.2, 0.25) is 0 Å². The number of nitrogens with one attached hydrogen (secondary N) is 1. The summed E-state index contributed by atoms with van der Waals surface area (Å²) in [4.78, 5) is 59.0. The first-order valence-electron chi connectivity index (χ1n) is 10.3. The van der Waals surface area contributed by atoms with Crippen LogP contribution in [0.15, 0.2) is 46.8 Å². The van der Waals surface area contributed by atoms with Gasteiger partial charge in [0.1, 0.15) is 21.8 Å². The Morgan fingerprint density at radius 1 is 1.38 bits per heavy atom. The monoisotopic (exact) mass is 499 g/mol. The van der Waals surface area contributed by atoms with Gasteiger partial charge in [0.15, 0.2) is 0 Å². The van der Waals surface area contributed by atoms with Crippen LogP contribution in [-0.2, 0) is 19.1 Å². The highest BCUT2D eigenvalue weighted by Gasteiger charge is 2.36. The molecule has 2 aromatic rings. The van der Waals surface area contributed by atoms with Crippen LogP contribution < -0.4 is 15.8 Å². The number of hydrogen-bond donors (Lipinski definition) is 1. The van der Waals surface area contributed by atoms with Crippen molar-refractivity contribution in [2.75, 3.05) is 31.6 Å². The number of fused-ring (bicyclic) bond motifs is 1. The summed E-state index contributed by atoms with van der Waals surface area (Å²) < 4.78 is 6.47. The van der Waals surface area contributed by atoms with E-state index in [9.17, 15) is 19.2 Å². The van der Waals surface area contributed by atoms with Gasteiger partial charge in [-0.1, -0.05) is 36.1 Å². The molecule has 2 amide bonds. The summed E-state index contributed by atoms with van der Waals surface area (Å²) >= 11 is 6.38. The summed E-state index contributed by atoms with van der Waals surface area (Å²) in [5.41, 5.74) is 0.0615. The maximum atomic E-state index is 13.5. The minimum atomic E-state index is -0.929. The lowest BCUT2D eigenvalue weighted by atomic mass is 10.1. The largest absolute Gasteiger partial charge is 0.469 e. The average Bonchev–Trinajstić information content (AvgIpc) is 3.09. The van der Waals surface area contributed by atoms with E-state index in [0.29, 0.717) is 23.1 Å². The molecule has 0 aromatic carbocycles. The van der Waals surface area contributed by atoms with Gasteiger partial charge in [-0.05, 0) is 18.2 Å². The fraction of sp³-hybridized carbons (Fsp3) is 0.273. The van der Waals surface area contributed by atoms with Crippen molar-refractivity contribution in [3.8, 4) is 0 Å². The Labute approximate surface area is 204 Å². The van der Waals surface area contributed by atoms with Crippen molar-refractivity contribution >= 4 is 63.6 Å². The number of anilines is 1. The van der Waals surface area contributed by atoms with Crippen LogP contribution in [0.1, 0.15) is 12.0 Å². The van der Waals surface area contributed by atoms with E-state index in [0.717, 1.165) is 11.8 Å². The molecule has 176 valence electrons. The first kappa shape index (κ1) is 23.6. The molecule has 10 nitrogen and oxygen atoms in total. The maximum absolute atomic E-state index is 13.5. The molecule has 2 aliphatic heterocycles. The van der Waals surface area contributed by atoms with Gasteiger partial charge in [-0.3, -0.25) is 28.5 Å². The number of thiocarbonyl (C=S) groups is 1. The molecule has 34 heavy (non-hydrogen) atoms. The second-order valence-corrected chi connectivity index (χ2v) is 9.12. The third-order valence-electron chi connectivity index (χ3n) is 5.40. The Balaban J connectivity index is 1.89. The number of esters is 1. The lowest BCUT2D eigenvalue weighted by Crippen LogP contribution is -2.57. The van der Waals surface area contributed by atoms with Gasteiger partial charge < -0.3 is 15.0 Å². The summed E-state index contributed by atoms with van der Waals surface area (Å²) in [6.45, 7) is 4.50. The third kappa shape index (κ3) is 4.33. The molecule has 2 fully saturated rings. The number of methoxy groups -OCH3 is 1. The van der Waals surface area contributed by atoms with E-state index in [1.54, 1.807) is 35.4 Å². The highest BCUT2D eigenvalue weighted by molar-refractivity contribution is 8.26. The molecule has 0 unspecified atom stereocenters. The third-order valence-corrected chi connectivity index (χ3v) is 6.78. The van der Waals surface area contributed by atoms with E-state index in [-0.39, 0.29) is 41.1 Å². The number of nitrogens with zero attached hydrogens (tertiary/aromatic N) is 4. The van der Waals surface area contributed by atoms with Crippen molar-refractivity contribution in [3.63, 3.8) is 0 Å². The smallest absolute Gasteiger partial charge is 0.308 e. The minimum Gasteiger partial charge on any atom is -0.469 e. The van der Waals surface area contributed by atoms with Gasteiger partial charge in [0.05, 0.1) is 24.0 Å². The van der Waals surface area contributed by atoms with Crippen molar-refractivity contribution in [1.82, 2.24) is 19.6 Å². The predicted molar refractivity (Wildman–Crippen MR) is 132 cm³/mol. The van der Waals surface area contributed by atoms with Gasteiger partial charge >= 0.3 is 5.97 Å². The molecular formula is C22H21N5O5S2. The topological polar surface area (TPSA) is 113 Å². The van der Waals surface area contributed by atoms with Gasteiger partial charge in [-0.25, -0.2) is 4.98 Å². The lowest BCUT2D eigenvalue weighted by molar-refractivity contribution is -0.143. The molecule has 1 atom stereocenters. The fourth-order valence-electron chi connectivity index (χ4n) is 3.77. The van der Waals surface area contributed by atoms with Crippen molar-refractivity contribution in [3.05, 3.63) is 57.9 Å². The summed E-state index contributed by atoms with van der Waals surface area (Å²) in [5, 5.41) is 2.73. The summed E-state index contributed by atoms with van der Waals surface area (Å²) in [6, 6.07) is 4.16. The van der Waals surface area contributed by atoms with Gasteiger partial charge in [-0.15, -0.1) is 6.58 Å². The molecular weight excluding hydrogens is 478 g/mol. The van der Waals surface area contributed by atoms with Gasteiger partial charge in [0.25, 0.3) is 11.5 Å². The molecule has 1 N–H and O–H groups in total. The molecule has 0 saturated carbocycles. The molecule has 2 aromatic heterocycles. The van der Waals surface area contributed by atoms with Gasteiger partial charge in [0, 0.05) is 25.8 Å². The number of thioether (sulfide) groups is 1. The predicted octanol–water partition coefficient (Wildman–Crippen LogP) is 0.950. The normalized spacial score (nSPS) is 19.6. The number of amides is 2. The molecule has 2 saturated heterocycles. The SMILES string of the molecule is C=CCN1C(=O)/C(=C/c2c(N3CCNC(=O)[C@@H]3CC(=O)OC)nc3ccccn3c2=O)SC1=S. The van der Waals surface area contributed by atoms with Crippen LogP contribution in [0.25, 0.3) is 11.7 Å². The second kappa shape index (κ2) is 9.77. The van der Waals surface area contributed by atoms with Crippen LogP contribution in [0.4, 0.5) is 5.82 Å². The number of aromatic nitrogens is 2. The number of hydrogen-bond acceptors (Lipinski definition) is 9. The zero-order valence-corrected chi connectivity index (χ0v) is 19.9. The van der Waals surface area contributed by atoms with E-state index >= 15 is 0 Å². The Kier molecular flexibility index (Phi) is 6.80. The van der Waals surface area contributed by atoms with Crippen LogP contribution in [0.5, 0.6) is 0 Å². The van der Waals surface area contributed by atoms with Crippen molar-refractivity contribution in [2.45, 2.75) is 12.5 Å². The molecule has 4 rings (SSSR count). The minimum absolute atomic E-state index is 0.118. The molecule has 0 spiro atoms. The van der Waals surface area contributed by atoms with Crippen LogP contribution in [0, 0.1) is 0 Å². The quantitative estimate of drug-likeness (QED) is 0.269. The molecule has 0 aliphatic carbocycles. The van der Waals surface area contributed by atoms with E-state index in [1.807, 2.05) is 0 Å². The van der Waals surface area contributed by atoms with Crippen LogP contribution in [0.3, 0.4) is 0 Å². The number of pyridine rings is 1. The Bertz CT molecular complexity index is 1300. The Hall–Kier alpha value is -3.51. The van der Waals surface area contributed by atoms with E-state index in [1.165, 1.54) is 22.5 Å². The van der Waals surface area contributed by atoms with E-state index in [4.69, 9.17) is 17.0 Å². The first-order chi connectivity index (χ1) is 16.3. The lowest BCUT2D eigenvalue weighted by Gasteiger charge is -2.36. The highest BCUT2D eigenvalue weighted by Crippen LogP contribution is 2.34. The fourth-order valence-corrected chi connectivity index (χ4v) is 5.02. The van der Waals surface area contributed by atoms with Crippen molar-refractivity contribution < 1.29 is 19.1 Å². The molecule has 0 radical (unpaired) electrons. The van der Waals surface area contributed by atoms with E-state index < -0.39 is 17.6 Å². The Morgan fingerprint density at radius 2 is 2.18 bits per heavy atom. The van der Waals surface area contributed by atoms with Crippen molar-refractivity contribution in [2.24, 2.45) is 0 Å². The zero-order chi connectivity index (χ0) is 24.4. The molecule has 4 heterocycles. The van der Waals surface area contributed by atoms with Crippen LogP contribution in [-0.4, -0.2) is 69.2 Å². The summed E-state index contributed by atoms with van der Waals surface area (Å²) in [7, 11) is 1.24.